The summed E-state index contributed by atoms with van der Waals surface area (Å²) < 4.78 is 17.4. The Kier molecular flexibility index (Phi) is 6.43. The zero-order valence-electron chi connectivity index (χ0n) is 14.7. The first kappa shape index (κ1) is 19.0. The Hall–Kier alpha value is -1.73. The van der Waals surface area contributed by atoms with Gasteiger partial charge in [0, 0.05) is 55.9 Å². The first-order valence-corrected chi connectivity index (χ1v) is 10.0. The number of anilines is 1. The van der Waals surface area contributed by atoms with Crippen LogP contribution < -0.4 is 4.90 Å². The number of aromatic nitrogens is 2. The Morgan fingerprint density at radius 3 is 2.81 bits per heavy atom. The molecule has 5 nitrogen and oxygen atoms in total. The molecule has 1 aromatic heterocycles. The second-order valence-corrected chi connectivity index (χ2v) is 7.58. The van der Waals surface area contributed by atoms with Crippen molar-refractivity contribution >= 4 is 34.2 Å². The van der Waals surface area contributed by atoms with E-state index in [0.29, 0.717) is 25.3 Å². The highest BCUT2D eigenvalue weighted by molar-refractivity contribution is 7.09. The van der Waals surface area contributed by atoms with Gasteiger partial charge in [0.1, 0.15) is 11.6 Å². The molecule has 8 heteroatoms. The minimum absolute atomic E-state index is 0.135. The maximum absolute atomic E-state index is 13.0. The number of hydrogen-bond donors (Lipinski definition) is 0. The summed E-state index contributed by atoms with van der Waals surface area (Å²) in [6.07, 6.45) is 1.81. The average molecular weight is 397 g/mol. The van der Waals surface area contributed by atoms with Gasteiger partial charge in [0.2, 0.25) is 11.0 Å². The van der Waals surface area contributed by atoms with Gasteiger partial charge in [0.25, 0.3) is 0 Å². The van der Waals surface area contributed by atoms with Crippen molar-refractivity contribution in [1.82, 2.24) is 14.3 Å². The number of halogens is 2. The van der Waals surface area contributed by atoms with Crippen LogP contribution in [0.4, 0.5) is 9.52 Å². The van der Waals surface area contributed by atoms with Crippen molar-refractivity contribution in [3.63, 3.8) is 0 Å². The summed E-state index contributed by atoms with van der Waals surface area (Å²) in [6.45, 7) is 4.25. The molecule has 1 aliphatic heterocycles. The van der Waals surface area contributed by atoms with E-state index in [1.165, 1.54) is 23.7 Å². The summed E-state index contributed by atoms with van der Waals surface area (Å²) in [6, 6.07) is 6.54. The van der Waals surface area contributed by atoms with Crippen LogP contribution in [0.1, 0.15) is 31.2 Å². The van der Waals surface area contributed by atoms with Crippen molar-refractivity contribution in [2.24, 2.45) is 0 Å². The van der Waals surface area contributed by atoms with Gasteiger partial charge in [0.15, 0.2) is 0 Å². The maximum atomic E-state index is 13.0. The second kappa shape index (κ2) is 8.77. The molecule has 0 bridgehead atoms. The molecule has 1 atom stereocenters. The van der Waals surface area contributed by atoms with E-state index in [1.54, 1.807) is 12.1 Å². The molecule has 1 saturated heterocycles. The van der Waals surface area contributed by atoms with Gasteiger partial charge < -0.3 is 9.80 Å². The summed E-state index contributed by atoms with van der Waals surface area (Å²) in [5.41, 5.74) is 0.985. The fraction of sp³-hybridized carbons (Fsp3) is 0.500. The first-order valence-electron chi connectivity index (χ1n) is 8.74. The SMILES string of the molecule is CC1CN(c2nc(Cc3ccc(F)cc3)ns2)CCN1C(=O)CCCCl. The Morgan fingerprint density at radius 2 is 2.12 bits per heavy atom. The molecule has 140 valence electrons. The van der Waals surface area contributed by atoms with E-state index >= 15 is 0 Å². The molecular weight excluding hydrogens is 375 g/mol. The van der Waals surface area contributed by atoms with Crippen molar-refractivity contribution < 1.29 is 9.18 Å². The third-order valence-electron chi connectivity index (χ3n) is 4.48. The van der Waals surface area contributed by atoms with Crippen molar-refractivity contribution in [2.75, 3.05) is 30.4 Å². The molecule has 0 aliphatic carbocycles. The van der Waals surface area contributed by atoms with Gasteiger partial charge in [-0.15, -0.1) is 11.6 Å². The van der Waals surface area contributed by atoms with Gasteiger partial charge in [0.05, 0.1) is 0 Å². The lowest BCUT2D eigenvalue weighted by Gasteiger charge is -2.39. The molecule has 1 aliphatic rings. The van der Waals surface area contributed by atoms with Crippen LogP contribution in [0.25, 0.3) is 0 Å². The molecule has 0 N–H and O–H groups in total. The van der Waals surface area contributed by atoms with Crippen LogP contribution in [0.5, 0.6) is 0 Å². The van der Waals surface area contributed by atoms with E-state index in [9.17, 15) is 9.18 Å². The van der Waals surface area contributed by atoms with E-state index in [4.69, 9.17) is 11.6 Å². The van der Waals surface area contributed by atoms with Gasteiger partial charge in [-0.1, -0.05) is 12.1 Å². The monoisotopic (exact) mass is 396 g/mol. The van der Waals surface area contributed by atoms with E-state index in [1.807, 2.05) is 4.90 Å². The molecule has 1 fully saturated rings. The Labute approximate surface area is 162 Å². The zero-order valence-corrected chi connectivity index (χ0v) is 16.3. The lowest BCUT2D eigenvalue weighted by molar-refractivity contribution is -0.133. The molecule has 2 aromatic rings. The smallest absolute Gasteiger partial charge is 0.222 e. The van der Waals surface area contributed by atoms with Crippen molar-refractivity contribution in [3.8, 4) is 0 Å². The van der Waals surface area contributed by atoms with Gasteiger partial charge in [-0.2, -0.15) is 4.37 Å². The predicted molar refractivity (Wildman–Crippen MR) is 102 cm³/mol. The van der Waals surface area contributed by atoms with Gasteiger partial charge >= 0.3 is 0 Å². The molecular formula is C18H22ClFN4OS. The van der Waals surface area contributed by atoms with E-state index in [2.05, 4.69) is 21.2 Å². The molecule has 0 radical (unpaired) electrons. The summed E-state index contributed by atoms with van der Waals surface area (Å²) in [5.74, 6) is 1.19. The number of nitrogens with zero attached hydrogens (tertiary/aromatic N) is 4. The number of benzene rings is 1. The fourth-order valence-electron chi connectivity index (χ4n) is 3.09. The average Bonchev–Trinajstić information content (AvgIpc) is 3.10. The number of rotatable bonds is 6. The van der Waals surface area contributed by atoms with Crippen LogP contribution >= 0.6 is 23.1 Å². The number of amides is 1. The van der Waals surface area contributed by atoms with Crippen molar-refractivity contribution in [1.29, 1.82) is 0 Å². The van der Waals surface area contributed by atoms with Crippen LogP contribution in [0.3, 0.4) is 0 Å². The molecule has 2 heterocycles. The fourth-order valence-corrected chi connectivity index (χ4v) is 3.95. The molecule has 1 unspecified atom stereocenters. The number of piperazine rings is 1. The minimum atomic E-state index is -0.242. The van der Waals surface area contributed by atoms with Gasteiger partial charge in [-0.05, 0) is 31.0 Å². The van der Waals surface area contributed by atoms with E-state index in [0.717, 1.165) is 36.0 Å². The van der Waals surface area contributed by atoms with Crippen LogP contribution in [-0.2, 0) is 11.2 Å². The van der Waals surface area contributed by atoms with Crippen LogP contribution in [-0.4, -0.2) is 51.7 Å². The summed E-state index contributed by atoms with van der Waals surface area (Å²) in [7, 11) is 0. The molecule has 0 spiro atoms. The number of carbonyl (C=O) groups is 1. The Bertz CT molecular complexity index is 739. The first-order chi connectivity index (χ1) is 12.6. The summed E-state index contributed by atoms with van der Waals surface area (Å²) in [5, 5.41) is 0.877. The molecule has 0 saturated carbocycles. The standard InChI is InChI=1S/C18H22ClFN4OS/c1-13-12-23(9-10-24(13)17(25)3-2-8-19)18-21-16(22-26-18)11-14-4-6-15(20)7-5-14/h4-7,13H,2-3,8-12H2,1H3. The highest BCUT2D eigenvalue weighted by atomic mass is 35.5. The Balaban J connectivity index is 1.58. The van der Waals surface area contributed by atoms with Gasteiger partial charge in [-0.25, -0.2) is 9.37 Å². The highest BCUT2D eigenvalue weighted by Gasteiger charge is 2.28. The molecule has 1 amide bonds. The number of carbonyl (C=O) groups excluding carboxylic acids is 1. The van der Waals surface area contributed by atoms with Crippen LogP contribution in [0.2, 0.25) is 0 Å². The summed E-state index contributed by atoms with van der Waals surface area (Å²) >= 11 is 7.05. The second-order valence-electron chi connectivity index (χ2n) is 6.47. The third-order valence-corrected chi connectivity index (χ3v) is 5.56. The highest BCUT2D eigenvalue weighted by Crippen LogP contribution is 2.23. The maximum Gasteiger partial charge on any atom is 0.222 e. The number of alkyl halides is 1. The summed E-state index contributed by atoms with van der Waals surface area (Å²) in [4.78, 5) is 21.0. The van der Waals surface area contributed by atoms with Crippen LogP contribution in [0, 0.1) is 5.82 Å². The van der Waals surface area contributed by atoms with E-state index < -0.39 is 0 Å². The largest absolute Gasteiger partial charge is 0.343 e. The quantitative estimate of drug-likeness (QED) is 0.703. The van der Waals surface area contributed by atoms with Crippen molar-refractivity contribution in [3.05, 3.63) is 41.5 Å². The third kappa shape index (κ3) is 4.71. The Morgan fingerprint density at radius 1 is 1.35 bits per heavy atom. The lowest BCUT2D eigenvalue weighted by Crippen LogP contribution is -2.54. The molecule has 3 rings (SSSR count). The van der Waals surface area contributed by atoms with Gasteiger partial charge in [-0.3, -0.25) is 4.79 Å². The normalized spacial score (nSPS) is 17.6. The molecule has 26 heavy (non-hydrogen) atoms. The van der Waals surface area contributed by atoms with Crippen molar-refractivity contribution in [2.45, 2.75) is 32.2 Å². The topological polar surface area (TPSA) is 49.3 Å². The van der Waals surface area contributed by atoms with E-state index in [-0.39, 0.29) is 17.8 Å². The molecule has 1 aromatic carbocycles. The zero-order chi connectivity index (χ0) is 18.5. The predicted octanol–water partition coefficient (Wildman–Crippen LogP) is 3.32. The van der Waals surface area contributed by atoms with Crippen LogP contribution in [0.15, 0.2) is 24.3 Å². The lowest BCUT2D eigenvalue weighted by atomic mass is 10.1. The minimum Gasteiger partial charge on any atom is -0.343 e. The number of hydrogen-bond acceptors (Lipinski definition) is 5.